The van der Waals surface area contributed by atoms with Crippen LogP contribution in [0.4, 0.5) is 10.5 Å². The fourth-order valence-corrected chi connectivity index (χ4v) is 3.45. The predicted molar refractivity (Wildman–Crippen MR) is 107 cm³/mol. The van der Waals surface area contributed by atoms with E-state index in [1.54, 1.807) is 24.0 Å². The van der Waals surface area contributed by atoms with Crippen molar-refractivity contribution in [2.24, 2.45) is 0 Å². The molecule has 142 valence electrons. The van der Waals surface area contributed by atoms with Gasteiger partial charge in [0.05, 0.1) is 6.04 Å². The van der Waals surface area contributed by atoms with Gasteiger partial charge in [-0.15, -0.1) is 0 Å². The van der Waals surface area contributed by atoms with E-state index in [1.165, 1.54) is 0 Å². The number of anilines is 1. The van der Waals surface area contributed by atoms with Crippen molar-refractivity contribution in [3.63, 3.8) is 0 Å². The number of para-hydroxylation sites is 1. The molecule has 1 aliphatic rings. The van der Waals surface area contributed by atoms with Crippen molar-refractivity contribution in [2.75, 3.05) is 25.0 Å². The third-order valence-electron chi connectivity index (χ3n) is 4.54. The van der Waals surface area contributed by atoms with Gasteiger partial charge in [0, 0.05) is 30.3 Å². The molecule has 0 aliphatic carbocycles. The number of urea groups is 1. The lowest BCUT2D eigenvalue weighted by molar-refractivity contribution is -0.136. The molecule has 3 rings (SSSR count). The molecule has 2 aromatic rings. The quantitative estimate of drug-likeness (QED) is 0.756. The Morgan fingerprint density at radius 2 is 1.85 bits per heavy atom. The molecule has 6 nitrogen and oxygen atoms in total. The van der Waals surface area contributed by atoms with Crippen LogP contribution in [-0.4, -0.2) is 42.5 Å². The van der Waals surface area contributed by atoms with Crippen LogP contribution in [-0.2, 0) is 4.79 Å². The summed E-state index contributed by atoms with van der Waals surface area (Å²) < 4.78 is 0. The van der Waals surface area contributed by atoms with Crippen LogP contribution in [0.5, 0.6) is 0 Å². The highest BCUT2D eigenvalue weighted by atomic mass is 35.5. The Morgan fingerprint density at radius 3 is 2.59 bits per heavy atom. The predicted octanol–water partition coefficient (Wildman–Crippen LogP) is 3.02. The van der Waals surface area contributed by atoms with Gasteiger partial charge in [0.15, 0.2) is 0 Å². The molecule has 1 saturated heterocycles. The molecular formula is C20H23ClN4O2. The number of benzene rings is 2. The Balaban J connectivity index is 1.67. The number of nitrogens with one attached hydrogen (secondary N) is 3. The van der Waals surface area contributed by atoms with Gasteiger partial charge < -0.3 is 20.9 Å². The van der Waals surface area contributed by atoms with E-state index in [0.29, 0.717) is 30.3 Å². The number of rotatable bonds is 4. The second kappa shape index (κ2) is 8.88. The summed E-state index contributed by atoms with van der Waals surface area (Å²) in [6.45, 7) is 3.58. The first-order valence-electron chi connectivity index (χ1n) is 8.94. The number of hydrogen-bond donors (Lipinski definition) is 3. The Morgan fingerprint density at radius 1 is 1.15 bits per heavy atom. The molecule has 3 amide bonds. The lowest BCUT2D eigenvalue weighted by Gasteiger charge is -2.38. The van der Waals surface area contributed by atoms with E-state index in [9.17, 15) is 9.59 Å². The van der Waals surface area contributed by atoms with Gasteiger partial charge in [0.25, 0.3) is 0 Å². The molecule has 1 heterocycles. The number of hydrogen-bond acceptors (Lipinski definition) is 3. The van der Waals surface area contributed by atoms with Crippen LogP contribution in [0.1, 0.15) is 18.5 Å². The van der Waals surface area contributed by atoms with Gasteiger partial charge in [-0.05, 0) is 30.7 Å². The summed E-state index contributed by atoms with van der Waals surface area (Å²) in [7, 11) is 0. The van der Waals surface area contributed by atoms with Crippen LogP contribution in [0.15, 0.2) is 54.6 Å². The van der Waals surface area contributed by atoms with Crippen LogP contribution in [0.25, 0.3) is 0 Å². The molecular weight excluding hydrogens is 364 g/mol. The van der Waals surface area contributed by atoms with Crippen molar-refractivity contribution >= 4 is 29.2 Å². The number of nitrogens with zero attached hydrogens (tertiary/aromatic N) is 1. The van der Waals surface area contributed by atoms with E-state index in [2.05, 4.69) is 16.0 Å². The van der Waals surface area contributed by atoms with Gasteiger partial charge in [-0.3, -0.25) is 4.79 Å². The summed E-state index contributed by atoms with van der Waals surface area (Å²) in [6, 6.07) is 15.4. The minimum absolute atomic E-state index is 0.135. The van der Waals surface area contributed by atoms with Crippen molar-refractivity contribution in [3.05, 3.63) is 65.2 Å². The number of amides is 3. The molecule has 3 N–H and O–H groups in total. The summed E-state index contributed by atoms with van der Waals surface area (Å²) in [5.74, 6) is -0.135. The summed E-state index contributed by atoms with van der Waals surface area (Å²) >= 11 is 6.34. The third kappa shape index (κ3) is 4.78. The number of halogens is 1. The maximum absolute atomic E-state index is 13.0. The topological polar surface area (TPSA) is 73.5 Å². The Bertz CT molecular complexity index is 800. The SMILES string of the molecule is CC(NC(=O)Nc1ccccc1)C(=O)N1CCNCC1c1ccccc1Cl. The standard InChI is InChI=1S/C20H23ClN4O2/c1-14(23-20(27)24-15-7-3-2-4-8-15)19(26)25-12-11-22-13-18(25)16-9-5-6-10-17(16)21/h2-10,14,18,22H,11-13H2,1H3,(H2,23,24,27). The molecule has 0 saturated carbocycles. The first kappa shape index (κ1) is 19.2. The lowest BCUT2D eigenvalue weighted by atomic mass is 10.0. The van der Waals surface area contributed by atoms with Crippen molar-refractivity contribution in [1.29, 1.82) is 0 Å². The van der Waals surface area contributed by atoms with Gasteiger partial charge in [-0.25, -0.2) is 4.79 Å². The van der Waals surface area contributed by atoms with Crippen molar-refractivity contribution in [1.82, 2.24) is 15.5 Å². The maximum atomic E-state index is 13.0. The number of carbonyl (C=O) groups excluding carboxylic acids is 2. The summed E-state index contributed by atoms with van der Waals surface area (Å²) in [6.07, 6.45) is 0. The Hall–Kier alpha value is -2.57. The zero-order chi connectivity index (χ0) is 19.2. The van der Waals surface area contributed by atoms with E-state index in [-0.39, 0.29) is 11.9 Å². The maximum Gasteiger partial charge on any atom is 0.319 e. The number of carbonyl (C=O) groups is 2. The Kier molecular flexibility index (Phi) is 6.32. The second-order valence-electron chi connectivity index (χ2n) is 6.46. The third-order valence-corrected chi connectivity index (χ3v) is 4.88. The number of piperazine rings is 1. The van der Waals surface area contributed by atoms with Crippen LogP contribution >= 0.6 is 11.6 Å². The smallest absolute Gasteiger partial charge is 0.319 e. The molecule has 1 aliphatic heterocycles. The minimum Gasteiger partial charge on any atom is -0.331 e. The average molecular weight is 387 g/mol. The summed E-state index contributed by atoms with van der Waals surface area (Å²) in [4.78, 5) is 27.0. The van der Waals surface area contributed by atoms with Crippen LogP contribution in [0.3, 0.4) is 0 Å². The normalized spacial score (nSPS) is 17.9. The van der Waals surface area contributed by atoms with Crippen LogP contribution < -0.4 is 16.0 Å². The zero-order valence-electron chi connectivity index (χ0n) is 15.1. The van der Waals surface area contributed by atoms with Gasteiger partial charge in [-0.2, -0.15) is 0 Å². The van der Waals surface area contributed by atoms with Crippen molar-refractivity contribution in [2.45, 2.75) is 19.0 Å². The Labute approximate surface area is 163 Å². The second-order valence-corrected chi connectivity index (χ2v) is 6.87. The van der Waals surface area contributed by atoms with E-state index in [4.69, 9.17) is 11.6 Å². The highest BCUT2D eigenvalue weighted by molar-refractivity contribution is 6.31. The molecule has 0 bridgehead atoms. The zero-order valence-corrected chi connectivity index (χ0v) is 15.9. The molecule has 2 atom stereocenters. The largest absolute Gasteiger partial charge is 0.331 e. The molecule has 1 fully saturated rings. The molecule has 2 unspecified atom stereocenters. The van der Waals surface area contributed by atoms with E-state index in [1.807, 2.05) is 42.5 Å². The fraction of sp³-hybridized carbons (Fsp3) is 0.300. The minimum atomic E-state index is -0.656. The highest BCUT2D eigenvalue weighted by Crippen LogP contribution is 2.28. The van der Waals surface area contributed by atoms with Crippen LogP contribution in [0.2, 0.25) is 5.02 Å². The van der Waals surface area contributed by atoms with Gasteiger partial charge in [0.2, 0.25) is 5.91 Å². The first-order chi connectivity index (χ1) is 13.1. The molecule has 2 aromatic carbocycles. The van der Waals surface area contributed by atoms with E-state index < -0.39 is 12.1 Å². The van der Waals surface area contributed by atoms with Gasteiger partial charge in [-0.1, -0.05) is 48.0 Å². The van der Waals surface area contributed by atoms with Crippen molar-refractivity contribution in [3.8, 4) is 0 Å². The highest BCUT2D eigenvalue weighted by Gasteiger charge is 2.32. The van der Waals surface area contributed by atoms with E-state index in [0.717, 1.165) is 5.56 Å². The first-order valence-corrected chi connectivity index (χ1v) is 9.32. The fourth-order valence-electron chi connectivity index (χ4n) is 3.19. The molecule has 7 heteroatoms. The van der Waals surface area contributed by atoms with Gasteiger partial charge >= 0.3 is 6.03 Å². The lowest BCUT2D eigenvalue weighted by Crippen LogP contribution is -2.55. The van der Waals surface area contributed by atoms with E-state index >= 15 is 0 Å². The average Bonchev–Trinajstić information content (AvgIpc) is 2.68. The summed E-state index contributed by atoms with van der Waals surface area (Å²) in [5.41, 5.74) is 1.58. The molecule has 0 radical (unpaired) electrons. The van der Waals surface area contributed by atoms with Gasteiger partial charge in [0.1, 0.15) is 6.04 Å². The monoisotopic (exact) mass is 386 g/mol. The van der Waals surface area contributed by atoms with Crippen LogP contribution in [0, 0.1) is 0 Å². The molecule has 27 heavy (non-hydrogen) atoms. The van der Waals surface area contributed by atoms with Crippen molar-refractivity contribution < 1.29 is 9.59 Å². The molecule has 0 spiro atoms. The molecule has 0 aromatic heterocycles. The summed E-state index contributed by atoms with van der Waals surface area (Å²) in [5, 5.41) is 9.38.